The Kier molecular flexibility index (Phi) is 6.39. The van der Waals surface area contributed by atoms with E-state index in [0.717, 1.165) is 26.0 Å². The van der Waals surface area contributed by atoms with Crippen molar-refractivity contribution in [2.45, 2.75) is 18.2 Å². The van der Waals surface area contributed by atoms with Gasteiger partial charge in [-0.05, 0) is 54.8 Å². The smallest absolute Gasteiger partial charge is 0.247 e. The number of anilines is 2. The van der Waals surface area contributed by atoms with Gasteiger partial charge in [-0.15, -0.1) is 0 Å². The standard InChI is InChI=1S/C20H24ClN3O5S2/c1-14-5-6-16(12-18(14)21)24(30(4,26)27)13-20(25)23-10-9-15-11-17(7-8-19(15)23)31(28,29)22(2)3/h5-8,11-12H,9-10,13H2,1-4H3. The molecule has 1 heterocycles. The molecule has 1 aliphatic heterocycles. The summed E-state index contributed by atoms with van der Waals surface area (Å²) in [5, 5.41) is 0.403. The molecule has 0 radical (unpaired) electrons. The van der Waals surface area contributed by atoms with Gasteiger partial charge in [-0.1, -0.05) is 17.7 Å². The second-order valence-corrected chi connectivity index (χ2v) is 12.0. The van der Waals surface area contributed by atoms with E-state index in [0.29, 0.717) is 29.4 Å². The molecule has 31 heavy (non-hydrogen) atoms. The number of halogens is 1. The van der Waals surface area contributed by atoms with Crippen molar-refractivity contribution in [3.63, 3.8) is 0 Å². The van der Waals surface area contributed by atoms with Crippen molar-refractivity contribution >= 4 is 48.9 Å². The van der Waals surface area contributed by atoms with Crippen molar-refractivity contribution in [3.8, 4) is 0 Å². The summed E-state index contributed by atoms with van der Waals surface area (Å²) < 4.78 is 51.7. The van der Waals surface area contributed by atoms with Crippen LogP contribution in [0.5, 0.6) is 0 Å². The Balaban J connectivity index is 1.89. The van der Waals surface area contributed by atoms with Crippen LogP contribution in [0.25, 0.3) is 0 Å². The fraction of sp³-hybridized carbons (Fsp3) is 0.350. The molecule has 0 fully saturated rings. The van der Waals surface area contributed by atoms with Crippen molar-refractivity contribution in [1.82, 2.24) is 4.31 Å². The highest BCUT2D eigenvalue weighted by Gasteiger charge is 2.30. The first-order valence-electron chi connectivity index (χ1n) is 9.42. The van der Waals surface area contributed by atoms with E-state index in [1.54, 1.807) is 31.2 Å². The van der Waals surface area contributed by atoms with Gasteiger partial charge in [0.15, 0.2) is 0 Å². The lowest BCUT2D eigenvalue weighted by Crippen LogP contribution is -2.42. The van der Waals surface area contributed by atoms with Crippen LogP contribution >= 0.6 is 11.6 Å². The first kappa shape index (κ1) is 23.5. The highest BCUT2D eigenvalue weighted by Crippen LogP contribution is 2.32. The van der Waals surface area contributed by atoms with Gasteiger partial charge >= 0.3 is 0 Å². The zero-order valence-electron chi connectivity index (χ0n) is 17.7. The average molecular weight is 486 g/mol. The minimum Gasteiger partial charge on any atom is -0.310 e. The summed E-state index contributed by atoms with van der Waals surface area (Å²) >= 11 is 6.14. The second-order valence-electron chi connectivity index (χ2n) is 7.58. The van der Waals surface area contributed by atoms with Gasteiger partial charge < -0.3 is 4.90 Å². The Morgan fingerprint density at radius 3 is 2.35 bits per heavy atom. The van der Waals surface area contributed by atoms with E-state index in [2.05, 4.69) is 0 Å². The third kappa shape index (κ3) is 4.72. The summed E-state index contributed by atoms with van der Waals surface area (Å²) in [6.07, 6.45) is 1.51. The van der Waals surface area contributed by atoms with E-state index < -0.39 is 32.5 Å². The van der Waals surface area contributed by atoms with Gasteiger partial charge in [0.1, 0.15) is 6.54 Å². The van der Waals surface area contributed by atoms with Gasteiger partial charge in [-0.2, -0.15) is 0 Å². The molecule has 0 saturated heterocycles. The quantitative estimate of drug-likeness (QED) is 0.625. The summed E-state index contributed by atoms with van der Waals surface area (Å²) in [5.41, 5.74) is 2.40. The predicted octanol–water partition coefficient (Wildman–Crippen LogP) is 2.25. The molecule has 0 bridgehead atoms. The molecule has 0 atom stereocenters. The first-order valence-corrected chi connectivity index (χ1v) is 13.1. The van der Waals surface area contributed by atoms with E-state index in [-0.39, 0.29) is 4.90 Å². The number of amides is 1. The second kappa shape index (κ2) is 8.42. The summed E-state index contributed by atoms with van der Waals surface area (Å²) in [5.74, 6) is -0.413. The van der Waals surface area contributed by atoms with Crippen LogP contribution in [-0.2, 0) is 31.3 Å². The number of hydrogen-bond donors (Lipinski definition) is 0. The maximum absolute atomic E-state index is 13.0. The number of rotatable bonds is 6. The third-order valence-corrected chi connectivity index (χ3v) is 8.51. The molecule has 8 nitrogen and oxygen atoms in total. The molecule has 0 saturated carbocycles. The van der Waals surface area contributed by atoms with E-state index in [9.17, 15) is 21.6 Å². The van der Waals surface area contributed by atoms with Crippen molar-refractivity contribution in [2.75, 3.05) is 42.6 Å². The lowest BCUT2D eigenvalue weighted by molar-refractivity contribution is -0.117. The average Bonchev–Trinajstić information content (AvgIpc) is 3.10. The summed E-state index contributed by atoms with van der Waals surface area (Å²) in [6, 6.07) is 9.41. The van der Waals surface area contributed by atoms with Crippen molar-refractivity contribution < 1.29 is 21.6 Å². The molecule has 0 aromatic heterocycles. The van der Waals surface area contributed by atoms with Crippen molar-refractivity contribution in [1.29, 1.82) is 0 Å². The van der Waals surface area contributed by atoms with Crippen LogP contribution in [0.4, 0.5) is 11.4 Å². The lowest BCUT2D eigenvalue weighted by atomic mass is 10.2. The number of carbonyl (C=O) groups is 1. The number of sulfonamides is 2. The molecule has 2 aromatic rings. The van der Waals surface area contributed by atoms with Crippen LogP contribution in [0, 0.1) is 6.92 Å². The van der Waals surface area contributed by atoms with Gasteiger partial charge in [0.05, 0.1) is 16.8 Å². The molecule has 0 N–H and O–H groups in total. The number of aryl methyl sites for hydroxylation is 1. The Bertz CT molecular complexity index is 1240. The molecule has 3 rings (SSSR count). The van der Waals surface area contributed by atoms with Crippen molar-refractivity contribution in [2.24, 2.45) is 0 Å². The van der Waals surface area contributed by atoms with E-state index in [1.165, 1.54) is 31.1 Å². The Hall–Kier alpha value is -2.14. The van der Waals surface area contributed by atoms with Crippen LogP contribution in [0.15, 0.2) is 41.3 Å². The molecule has 1 aliphatic rings. The first-order chi connectivity index (χ1) is 14.3. The van der Waals surface area contributed by atoms with Gasteiger partial charge in [-0.3, -0.25) is 9.10 Å². The molecule has 2 aromatic carbocycles. The Labute approximate surface area is 188 Å². The van der Waals surface area contributed by atoms with Crippen LogP contribution in [0.1, 0.15) is 11.1 Å². The number of carbonyl (C=O) groups excluding carboxylic acids is 1. The predicted molar refractivity (Wildman–Crippen MR) is 122 cm³/mol. The van der Waals surface area contributed by atoms with Crippen LogP contribution in [0.3, 0.4) is 0 Å². The molecule has 0 unspecified atom stereocenters. The fourth-order valence-electron chi connectivity index (χ4n) is 3.35. The molecule has 168 valence electrons. The molecule has 11 heteroatoms. The van der Waals surface area contributed by atoms with Gasteiger partial charge in [0, 0.05) is 31.4 Å². The van der Waals surface area contributed by atoms with Crippen LogP contribution in [-0.4, -0.2) is 60.5 Å². The maximum Gasteiger partial charge on any atom is 0.247 e. The van der Waals surface area contributed by atoms with Crippen LogP contribution < -0.4 is 9.21 Å². The minimum atomic E-state index is -3.74. The summed E-state index contributed by atoms with van der Waals surface area (Å²) in [7, 11) is -4.42. The summed E-state index contributed by atoms with van der Waals surface area (Å²) in [6.45, 7) is 1.75. The number of hydrogen-bond acceptors (Lipinski definition) is 5. The lowest BCUT2D eigenvalue weighted by Gasteiger charge is -2.25. The minimum absolute atomic E-state index is 0.151. The zero-order chi connectivity index (χ0) is 23.1. The molecular weight excluding hydrogens is 462 g/mol. The fourth-order valence-corrected chi connectivity index (χ4v) is 5.32. The summed E-state index contributed by atoms with van der Waals surface area (Å²) in [4.78, 5) is 14.7. The zero-order valence-corrected chi connectivity index (χ0v) is 20.1. The maximum atomic E-state index is 13.0. The highest BCUT2D eigenvalue weighted by molar-refractivity contribution is 7.92. The molecular formula is C20H24ClN3O5S2. The normalized spacial score (nSPS) is 14.1. The van der Waals surface area contributed by atoms with E-state index in [1.807, 2.05) is 0 Å². The van der Waals surface area contributed by atoms with Gasteiger partial charge in [0.25, 0.3) is 0 Å². The number of fused-ring (bicyclic) bond motifs is 1. The van der Waals surface area contributed by atoms with Gasteiger partial charge in [0.2, 0.25) is 26.0 Å². The molecule has 1 amide bonds. The van der Waals surface area contributed by atoms with E-state index >= 15 is 0 Å². The Morgan fingerprint density at radius 2 is 1.77 bits per heavy atom. The van der Waals surface area contributed by atoms with E-state index in [4.69, 9.17) is 11.6 Å². The SMILES string of the molecule is Cc1ccc(N(CC(=O)N2CCc3cc(S(=O)(=O)N(C)C)ccc32)S(C)(=O)=O)cc1Cl. The monoisotopic (exact) mass is 485 g/mol. The largest absolute Gasteiger partial charge is 0.310 e. The Morgan fingerprint density at radius 1 is 1.10 bits per heavy atom. The van der Waals surface area contributed by atoms with Crippen LogP contribution in [0.2, 0.25) is 5.02 Å². The molecule has 0 aliphatic carbocycles. The third-order valence-electron chi connectivity index (χ3n) is 5.15. The van der Waals surface area contributed by atoms with Crippen molar-refractivity contribution in [3.05, 3.63) is 52.5 Å². The van der Waals surface area contributed by atoms with Gasteiger partial charge in [-0.25, -0.2) is 21.1 Å². The number of benzene rings is 2. The highest BCUT2D eigenvalue weighted by atomic mass is 35.5. The number of nitrogens with zero attached hydrogens (tertiary/aromatic N) is 3. The topological polar surface area (TPSA) is 95.1 Å². The molecule has 0 spiro atoms.